The Bertz CT molecular complexity index is 691. The molecule has 0 radical (unpaired) electrons. The molecule has 0 spiro atoms. The fourth-order valence-electron chi connectivity index (χ4n) is 2.01. The predicted octanol–water partition coefficient (Wildman–Crippen LogP) is 0.764. The smallest absolute Gasteiger partial charge is 0.358 e. The topological polar surface area (TPSA) is 70.9 Å². The van der Waals surface area contributed by atoms with Gasteiger partial charge >= 0.3 is 5.97 Å². The molecule has 2 aromatic heterocycles. The number of imidazole rings is 1. The molecule has 0 bridgehead atoms. The van der Waals surface area contributed by atoms with Crippen LogP contribution in [-0.4, -0.2) is 34.0 Å². The third-order valence-electron chi connectivity index (χ3n) is 2.94. The zero-order chi connectivity index (χ0) is 14.1. The molecular formula is C13H15N5O2. The summed E-state index contributed by atoms with van der Waals surface area (Å²) in [5, 5.41) is 1.82. The fourth-order valence-corrected chi connectivity index (χ4v) is 2.01. The van der Waals surface area contributed by atoms with E-state index in [2.05, 4.69) is 15.9 Å². The molecule has 3 rings (SSSR count). The highest BCUT2D eigenvalue weighted by Gasteiger charge is 2.14. The summed E-state index contributed by atoms with van der Waals surface area (Å²) in [6, 6.07) is 3.80. The van der Waals surface area contributed by atoms with E-state index in [4.69, 9.17) is 4.74 Å². The fraction of sp³-hybridized carbons (Fsp3) is 0.231. The van der Waals surface area contributed by atoms with E-state index in [1.54, 1.807) is 13.1 Å². The van der Waals surface area contributed by atoms with Crippen LogP contribution in [0.3, 0.4) is 0 Å². The summed E-state index contributed by atoms with van der Waals surface area (Å²) < 4.78 is 6.75. The van der Waals surface area contributed by atoms with Crippen LogP contribution in [0, 0.1) is 0 Å². The van der Waals surface area contributed by atoms with Gasteiger partial charge in [0.1, 0.15) is 5.65 Å². The molecule has 0 fully saturated rings. The van der Waals surface area contributed by atoms with Gasteiger partial charge in [0, 0.05) is 31.2 Å². The Morgan fingerprint density at radius 2 is 2.25 bits per heavy atom. The van der Waals surface area contributed by atoms with Gasteiger partial charge in [0.15, 0.2) is 5.69 Å². The molecule has 0 saturated heterocycles. The van der Waals surface area contributed by atoms with Crippen molar-refractivity contribution in [2.45, 2.75) is 6.92 Å². The SMILES string of the molecule is CCOC(=O)c1cn2cc(C3=CN(C)NN3)ccc2n1. The van der Waals surface area contributed by atoms with Crippen LogP contribution >= 0.6 is 0 Å². The van der Waals surface area contributed by atoms with Gasteiger partial charge in [0.25, 0.3) is 0 Å². The van der Waals surface area contributed by atoms with Crippen LogP contribution in [0.1, 0.15) is 23.0 Å². The van der Waals surface area contributed by atoms with E-state index in [1.165, 1.54) is 0 Å². The summed E-state index contributed by atoms with van der Waals surface area (Å²) in [6.45, 7) is 2.11. The zero-order valence-corrected chi connectivity index (χ0v) is 11.3. The second kappa shape index (κ2) is 4.86. The Labute approximate surface area is 115 Å². The summed E-state index contributed by atoms with van der Waals surface area (Å²) in [7, 11) is 1.90. The molecule has 3 heterocycles. The first-order chi connectivity index (χ1) is 9.67. The van der Waals surface area contributed by atoms with Crippen LogP contribution in [0.2, 0.25) is 0 Å². The quantitative estimate of drug-likeness (QED) is 0.805. The number of pyridine rings is 1. The highest BCUT2D eigenvalue weighted by atomic mass is 16.5. The van der Waals surface area contributed by atoms with Crippen LogP contribution in [0.5, 0.6) is 0 Å². The summed E-state index contributed by atoms with van der Waals surface area (Å²) in [6.07, 6.45) is 5.51. The van der Waals surface area contributed by atoms with Crippen molar-refractivity contribution in [3.63, 3.8) is 0 Å². The first kappa shape index (κ1) is 12.5. The van der Waals surface area contributed by atoms with Crippen LogP contribution < -0.4 is 11.0 Å². The number of fused-ring (bicyclic) bond motifs is 1. The number of hydrogen-bond acceptors (Lipinski definition) is 6. The van der Waals surface area contributed by atoms with Crippen LogP contribution in [0.4, 0.5) is 0 Å². The summed E-state index contributed by atoms with van der Waals surface area (Å²) in [5.41, 5.74) is 8.95. The molecular weight excluding hydrogens is 258 g/mol. The van der Waals surface area contributed by atoms with Crippen molar-refractivity contribution in [2.75, 3.05) is 13.7 Å². The maximum atomic E-state index is 11.7. The minimum atomic E-state index is -0.405. The van der Waals surface area contributed by atoms with Crippen LogP contribution in [-0.2, 0) is 4.74 Å². The van der Waals surface area contributed by atoms with Gasteiger partial charge in [-0.2, -0.15) is 0 Å². The lowest BCUT2D eigenvalue weighted by Gasteiger charge is -2.06. The largest absolute Gasteiger partial charge is 0.461 e. The van der Waals surface area contributed by atoms with Crippen molar-refractivity contribution in [3.8, 4) is 0 Å². The standard InChI is InChI=1S/C13H15N5O2/c1-3-20-13(19)11-8-18-6-9(4-5-12(18)14-11)10-7-17(2)16-15-10/h4-8,15-16H,3H2,1-2H3. The number of rotatable bonds is 3. The van der Waals surface area contributed by atoms with Gasteiger partial charge in [-0.1, -0.05) is 0 Å². The van der Waals surface area contributed by atoms with E-state index in [9.17, 15) is 4.79 Å². The van der Waals surface area contributed by atoms with Gasteiger partial charge in [0.2, 0.25) is 0 Å². The number of nitrogens with one attached hydrogen (secondary N) is 2. The predicted molar refractivity (Wildman–Crippen MR) is 73.2 cm³/mol. The molecule has 0 unspecified atom stereocenters. The Kier molecular flexibility index (Phi) is 3.03. The van der Waals surface area contributed by atoms with Gasteiger partial charge in [-0.3, -0.25) is 5.01 Å². The first-order valence-corrected chi connectivity index (χ1v) is 6.30. The van der Waals surface area contributed by atoms with Crippen LogP contribution in [0.15, 0.2) is 30.7 Å². The highest BCUT2D eigenvalue weighted by Crippen LogP contribution is 2.16. The maximum Gasteiger partial charge on any atom is 0.358 e. The van der Waals surface area contributed by atoms with E-state index >= 15 is 0 Å². The average Bonchev–Trinajstić information content (AvgIpc) is 3.04. The molecule has 20 heavy (non-hydrogen) atoms. The number of esters is 1. The molecule has 2 aromatic rings. The third-order valence-corrected chi connectivity index (χ3v) is 2.94. The molecule has 0 atom stereocenters. The van der Waals surface area contributed by atoms with Crippen LogP contribution in [0.25, 0.3) is 11.3 Å². The zero-order valence-electron chi connectivity index (χ0n) is 11.3. The van der Waals surface area contributed by atoms with E-state index in [0.717, 1.165) is 11.3 Å². The number of hydrazine groups is 2. The van der Waals surface area contributed by atoms with Crippen molar-refractivity contribution in [1.82, 2.24) is 25.4 Å². The van der Waals surface area contributed by atoms with Gasteiger partial charge in [-0.15, -0.1) is 5.53 Å². The Balaban J connectivity index is 1.95. The normalized spacial score (nSPS) is 14.3. The second-order valence-corrected chi connectivity index (χ2v) is 4.42. The summed E-state index contributed by atoms with van der Waals surface area (Å²) in [5.74, 6) is -0.405. The molecule has 104 valence electrons. The number of aromatic nitrogens is 2. The molecule has 7 heteroatoms. The highest BCUT2D eigenvalue weighted by molar-refractivity contribution is 5.88. The second-order valence-electron chi connectivity index (χ2n) is 4.42. The van der Waals surface area contributed by atoms with Crippen molar-refractivity contribution in [3.05, 3.63) is 42.0 Å². The first-order valence-electron chi connectivity index (χ1n) is 6.30. The molecule has 1 aliphatic heterocycles. The van der Waals surface area contributed by atoms with E-state index in [-0.39, 0.29) is 0 Å². The molecule has 0 amide bonds. The number of carbonyl (C=O) groups is 1. The lowest BCUT2D eigenvalue weighted by atomic mass is 10.2. The number of nitrogens with zero attached hydrogens (tertiary/aromatic N) is 3. The monoisotopic (exact) mass is 273 g/mol. The summed E-state index contributed by atoms with van der Waals surface area (Å²) in [4.78, 5) is 15.9. The van der Waals surface area contributed by atoms with E-state index in [0.29, 0.717) is 17.9 Å². The van der Waals surface area contributed by atoms with E-state index in [1.807, 2.05) is 41.0 Å². The average molecular weight is 273 g/mol. The maximum absolute atomic E-state index is 11.7. The van der Waals surface area contributed by atoms with E-state index < -0.39 is 5.97 Å². The minimum absolute atomic E-state index is 0.313. The molecule has 0 aromatic carbocycles. The molecule has 2 N–H and O–H groups in total. The lowest BCUT2D eigenvalue weighted by molar-refractivity contribution is 0.0520. The Morgan fingerprint density at radius 3 is 2.95 bits per heavy atom. The lowest BCUT2D eigenvalue weighted by Crippen LogP contribution is -2.33. The Hall–Kier alpha value is -2.54. The molecule has 0 saturated carbocycles. The third kappa shape index (κ3) is 2.19. The van der Waals surface area contributed by atoms with Gasteiger partial charge in [0.05, 0.1) is 12.3 Å². The van der Waals surface area contributed by atoms with Crippen molar-refractivity contribution in [1.29, 1.82) is 0 Å². The number of carbonyl (C=O) groups excluding carboxylic acids is 1. The number of ether oxygens (including phenoxy) is 1. The van der Waals surface area contributed by atoms with Gasteiger partial charge < -0.3 is 14.6 Å². The molecule has 7 nitrogen and oxygen atoms in total. The number of hydrogen-bond donors (Lipinski definition) is 2. The van der Waals surface area contributed by atoms with Crippen molar-refractivity contribution in [2.24, 2.45) is 0 Å². The molecule has 0 aliphatic carbocycles. The van der Waals surface area contributed by atoms with Gasteiger partial charge in [-0.05, 0) is 19.1 Å². The van der Waals surface area contributed by atoms with Crippen molar-refractivity contribution < 1.29 is 9.53 Å². The molecule has 1 aliphatic rings. The van der Waals surface area contributed by atoms with Gasteiger partial charge in [-0.25, -0.2) is 9.78 Å². The summed E-state index contributed by atoms with van der Waals surface area (Å²) >= 11 is 0. The minimum Gasteiger partial charge on any atom is -0.461 e. The van der Waals surface area contributed by atoms with Crippen molar-refractivity contribution >= 4 is 17.3 Å². The Morgan fingerprint density at radius 1 is 1.40 bits per heavy atom.